The van der Waals surface area contributed by atoms with E-state index in [0.717, 1.165) is 0 Å². The van der Waals surface area contributed by atoms with E-state index in [1.54, 1.807) is 10.9 Å². The van der Waals surface area contributed by atoms with E-state index < -0.39 is 0 Å². The fourth-order valence-corrected chi connectivity index (χ4v) is 1.50. The van der Waals surface area contributed by atoms with Gasteiger partial charge < -0.3 is 5.32 Å². The summed E-state index contributed by atoms with van der Waals surface area (Å²) >= 11 is 1.44. The molecule has 0 bridgehead atoms. The Kier molecular flexibility index (Phi) is 3.85. The molecule has 0 saturated carbocycles. The Morgan fingerprint density at radius 1 is 1.60 bits per heavy atom. The molecule has 3 nitrogen and oxygen atoms in total. The van der Waals surface area contributed by atoms with Crippen molar-refractivity contribution in [3.63, 3.8) is 0 Å². The molecule has 1 N–H and O–H groups in total. The van der Waals surface area contributed by atoms with Crippen molar-refractivity contribution in [1.82, 2.24) is 10.3 Å². The van der Waals surface area contributed by atoms with Gasteiger partial charge in [-0.25, -0.2) is 4.98 Å². The first-order valence-electron chi connectivity index (χ1n) is 5.07. The van der Waals surface area contributed by atoms with Crippen LogP contribution in [0.1, 0.15) is 38.2 Å². The second-order valence-electron chi connectivity index (χ2n) is 4.85. The second-order valence-corrected chi connectivity index (χ2v) is 5.57. The van der Waals surface area contributed by atoms with Crippen molar-refractivity contribution in [2.24, 2.45) is 11.3 Å². The Balaban J connectivity index is 2.42. The van der Waals surface area contributed by atoms with E-state index >= 15 is 0 Å². The molecule has 0 aliphatic heterocycles. The zero-order valence-corrected chi connectivity index (χ0v) is 10.5. The molecule has 4 heteroatoms. The summed E-state index contributed by atoms with van der Waals surface area (Å²) in [6, 6.07) is 0. The van der Waals surface area contributed by atoms with E-state index in [-0.39, 0.29) is 11.3 Å². The number of amides is 1. The zero-order valence-electron chi connectivity index (χ0n) is 9.70. The summed E-state index contributed by atoms with van der Waals surface area (Å²) in [4.78, 5) is 15.5. The molecule has 1 unspecified atom stereocenters. The molecule has 1 atom stereocenters. The lowest BCUT2D eigenvalue weighted by Crippen LogP contribution is -2.33. The first-order valence-corrected chi connectivity index (χ1v) is 6.02. The summed E-state index contributed by atoms with van der Waals surface area (Å²) in [5.41, 5.74) is 2.40. The van der Waals surface area contributed by atoms with E-state index in [1.165, 1.54) is 11.3 Å². The number of hydrogen-bond acceptors (Lipinski definition) is 3. The Bertz CT molecular complexity index is 314. The number of hydrogen-bond donors (Lipinski definition) is 1. The maximum atomic E-state index is 11.6. The van der Waals surface area contributed by atoms with Gasteiger partial charge in [0.1, 0.15) is 5.69 Å². The maximum Gasteiger partial charge on any atom is 0.270 e. The topological polar surface area (TPSA) is 42.0 Å². The average Bonchev–Trinajstić information content (AvgIpc) is 2.64. The summed E-state index contributed by atoms with van der Waals surface area (Å²) < 4.78 is 0. The quantitative estimate of drug-likeness (QED) is 0.860. The Morgan fingerprint density at radius 3 is 2.73 bits per heavy atom. The molecule has 84 valence electrons. The van der Waals surface area contributed by atoms with Gasteiger partial charge in [-0.15, -0.1) is 11.3 Å². The summed E-state index contributed by atoms with van der Waals surface area (Å²) in [5, 5.41) is 4.66. The smallest absolute Gasteiger partial charge is 0.270 e. The minimum absolute atomic E-state index is 0.0765. The monoisotopic (exact) mass is 226 g/mol. The maximum absolute atomic E-state index is 11.6. The summed E-state index contributed by atoms with van der Waals surface area (Å²) in [6.07, 6.45) is 0. The molecule has 1 aromatic heterocycles. The fraction of sp³-hybridized carbons (Fsp3) is 0.636. The highest BCUT2D eigenvalue weighted by atomic mass is 32.1. The molecule has 0 aromatic carbocycles. The van der Waals surface area contributed by atoms with E-state index in [0.29, 0.717) is 18.2 Å². The van der Waals surface area contributed by atoms with Gasteiger partial charge in [0.25, 0.3) is 5.91 Å². The minimum Gasteiger partial charge on any atom is -0.350 e. The highest BCUT2D eigenvalue weighted by molar-refractivity contribution is 7.07. The van der Waals surface area contributed by atoms with Crippen LogP contribution in [0.4, 0.5) is 0 Å². The van der Waals surface area contributed by atoms with Crippen LogP contribution in [0.15, 0.2) is 10.9 Å². The van der Waals surface area contributed by atoms with Gasteiger partial charge in [0, 0.05) is 11.9 Å². The lowest BCUT2D eigenvalue weighted by Gasteiger charge is -2.27. The van der Waals surface area contributed by atoms with Crippen LogP contribution in [-0.4, -0.2) is 17.4 Å². The Labute approximate surface area is 94.9 Å². The lowest BCUT2D eigenvalue weighted by molar-refractivity contribution is 0.0933. The van der Waals surface area contributed by atoms with Crippen molar-refractivity contribution in [2.45, 2.75) is 27.7 Å². The average molecular weight is 226 g/mol. The minimum atomic E-state index is -0.0765. The Hall–Kier alpha value is -0.900. The molecular formula is C11H18N2OS. The van der Waals surface area contributed by atoms with Crippen molar-refractivity contribution >= 4 is 17.2 Å². The lowest BCUT2D eigenvalue weighted by atomic mass is 9.82. The van der Waals surface area contributed by atoms with E-state index in [4.69, 9.17) is 0 Å². The summed E-state index contributed by atoms with van der Waals surface area (Å²) in [6.45, 7) is 9.35. The fourth-order valence-electron chi connectivity index (χ4n) is 0.967. The van der Waals surface area contributed by atoms with E-state index in [1.807, 2.05) is 0 Å². The van der Waals surface area contributed by atoms with Gasteiger partial charge in [0.15, 0.2) is 0 Å². The van der Waals surface area contributed by atoms with Gasteiger partial charge in [0.2, 0.25) is 0 Å². The summed E-state index contributed by atoms with van der Waals surface area (Å²) in [5.74, 6) is 0.368. The van der Waals surface area contributed by atoms with Gasteiger partial charge in [0.05, 0.1) is 5.51 Å². The molecule has 1 heterocycles. The van der Waals surface area contributed by atoms with Crippen LogP contribution < -0.4 is 5.32 Å². The highest BCUT2D eigenvalue weighted by Gasteiger charge is 2.20. The molecule has 1 amide bonds. The molecule has 15 heavy (non-hydrogen) atoms. The molecule has 0 fully saturated rings. The van der Waals surface area contributed by atoms with Gasteiger partial charge >= 0.3 is 0 Å². The van der Waals surface area contributed by atoms with Crippen LogP contribution in [0, 0.1) is 11.3 Å². The first kappa shape index (κ1) is 12.2. The number of thiazole rings is 1. The zero-order chi connectivity index (χ0) is 11.5. The van der Waals surface area contributed by atoms with Gasteiger partial charge in [-0.3, -0.25) is 4.79 Å². The van der Waals surface area contributed by atoms with E-state index in [9.17, 15) is 4.79 Å². The second kappa shape index (κ2) is 4.75. The number of carbonyl (C=O) groups is 1. The molecule has 0 aliphatic carbocycles. The Morgan fingerprint density at radius 2 is 2.27 bits per heavy atom. The van der Waals surface area contributed by atoms with Gasteiger partial charge in [-0.1, -0.05) is 27.7 Å². The number of aromatic nitrogens is 1. The highest BCUT2D eigenvalue weighted by Crippen LogP contribution is 2.24. The first-order chi connectivity index (χ1) is 6.91. The SMILES string of the molecule is CC(CNC(=O)c1cscn1)C(C)(C)C. The molecule has 1 rings (SSSR count). The van der Waals surface area contributed by atoms with Crippen LogP contribution in [0.2, 0.25) is 0 Å². The van der Waals surface area contributed by atoms with Gasteiger partial charge in [-0.05, 0) is 11.3 Å². The van der Waals surface area contributed by atoms with Crippen LogP contribution in [0.5, 0.6) is 0 Å². The van der Waals surface area contributed by atoms with Crippen LogP contribution in [0.25, 0.3) is 0 Å². The third kappa shape index (κ3) is 3.63. The number of nitrogens with zero attached hydrogens (tertiary/aromatic N) is 1. The number of rotatable bonds is 3. The number of carbonyl (C=O) groups excluding carboxylic acids is 1. The molecule has 0 spiro atoms. The molecule has 0 radical (unpaired) electrons. The van der Waals surface area contributed by atoms with Crippen molar-refractivity contribution in [2.75, 3.05) is 6.54 Å². The van der Waals surface area contributed by atoms with Gasteiger partial charge in [-0.2, -0.15) is 0 Å². The van der Waals surface area contributed by atoms with E-state index in [2.05, 4.69) is 38.0 Å². The largest absolute Gasteiger partial charge is 0.350 e. The van der Waals surface area contributed by atoms with Crippen molar-refractivity contribution in [3.8, 4) is 0 Å². The van der Waals surface area contributed by atoms with Crippen molar-refractivity contribution < 1.29 is 4.79 Å². The summed E-state index contributed by atoms with van der Waals surface area (Å²) in [7, 11) is 0. The predicted octanol–water partition coefficient (Wildman–Crippen LogP) is 2.56. The molecule has 1 aromatic rings. The molecule has 0 aliphatic rings. The third-order valence-electron chi connectivity index (χ3n) is 2.71. The van der Waals surface area contributed by atoms with Crippen LogP contribution in [-0.2, 0) is 0 Å². The standard InChI is InChI=1S/C11H18N2OS/c1-8(11(2,3)4)5-12-10(14)9-6-15-7-13-9/h6-8H,5H2,1-4H3,(H,12,14). The molecular weight excluding hydrogens is 208 g/mol. The van der Waals surface area contributed by atoms with Crippen molar-refractivity contribution in [3.05, 3.63) is 16.6 Å². The normalized spacial score (nSPS) is 13.6. The number of nitrogens with one attached hydrogen (secondary N) is 1. The predicted molar refractivity (Wildman–Crippen MR) is 63.1 cm³/mol. The van der Waals surface area contributed by atoms with Crippen LogP contribution >= 0.6 is 11.3 Å². The van der Waals surface area contributed by atoms with Crippen LogP contribution in [0.3, 0.4) is 0 Å². The third-order valence-corrected chi connectivity index (χ3v) is 3.30. The molecule has 0 saturated heterocycles. The van der Waals surface area contributed by atoms with Crippen molar-refractivity contribution in [1.29, 1.82) is 0 Å².